The van der Waals surface area contributed by atoms with Crippen LogP contribution in [-0.2, 0) is 4.79 Å². The summed E-state index contributed by atoms with van der Waals surface area (Å²) >= 11 is 4.89. The molecule has 0 bridgehead atoms. The van der Waals surface area contributed by atoms with Gasteiger partial charge < -0.3 is 10.1 Å². The highest BCUT2D eigenvalue weighted by Crippen LogP contribution is 2.21. The number of thiocarbonyl (C=S) groups is 1. The highest BCUT2D eigenvalue weighted by molar-refractivity contribution is 7.80. The van der Waals surface area contributed by atoms with Crippen molar-refractivity contribution in [3.8, 4) is 5.75 Å². The lowest BCUT2D eigenvalue weighted by Crippen LogP contribution is -2.21. The molecule has 0 aromatic heterocycles. The third kappa shape index (κ3) is 3.54. The van der Waals surface area contributed by atoms with Gasteiger partial charge in [0.2, 0.25) is 0 Å². The third-order valence-electron chi connectivity index (χ3n) is 2.69. The fraction of sp³-hybridized carbons (Fsp3) is 0.286. The fourth-order valence-electron chi connectivity index (χ4n) is 1.70. The van der Waals surface area contributed by atoms with E-state index < -0.39 is 0 Å². The molecule has 0 radical (unpaired) electrons. The zero-order valence-corrected chi connectivity index (χ0v) is 11.5. The Hall–Kier alpha value is -1.88. The molecular weight excluding hydrogens is 260 g/mol. The van der Waals surface area contributed by atoms with Crippen LogP contribution in [0, 0.1) is 0 Å². The summed E-state index contributed by atoms with van der Waals surface area (Å²) in [5, 5.41) is 5.69. The molecule has 0 atom stereocenters. The van der Waals surface area contributed by atoms with Crippen molar-refractivity contribution in [3.63, 3.8) is 0 Å². The Morgan fingerprint density at radius 3 is 2.79 bits per heavy atom. The largest absolute Gasteiger partial charge is 0.493 e. The van der Waals surface area contributed by atoms with Gasteiger partial charge in [-0.2, -0.15) is 0 Å². The van der Waals surface area contributed by atoms with E-state index in [-0.39, 0.29) is 5.91 Å². The smallest absolute Gasteiger partial charge is 0.273 e. The number of unbranched alkanes of at least 4 members (excludes halogenated alkanes) is 1. The number of para-hydroxylation sites is 1. The van der Waals surface area contributed by atoms with Crippen LogP contribution in [-0.4, -0.2) is 17.6 Å². The Balaban J connectivity index is 2.18. The topological polar surface area (TPSA) is 50.4 Å². The number of carbonyl (C=O) groups excluding carboxylic acids is 1. The number of nitrogens with one attached hydrogen (secondary N) is 2. The average Bonchev–Trinajstić information content (AvgIpc) is 2.70. The van der Waals surface area contributed by atoms with E-state index in [1.165, 1.54) is 0 Å². The van der Waals surface area contributed by atoms with Crippen LogP contribution in [0.25, 0.3) is 6.08 Å². The molecule has 0 aliphatic carbocycles. The van der Waals surface area contributed by atoms with Crippen molar-refractivity contribution in [2.75, 3.05) is 6.61 Å². The van der Waals surface area contributed by atoms with Crippen LogP contribution in [0.2, 0.25) is 0 Å². The minimum absolute atomic E-state index is 0.214. The monoisotopic (exact) mass is 276 g/mol. The van der Waals surface area contributed by atoms with Gasteiger partial charge in [-0.15, -0.1) is 0 Å². The molecule has 1 fully saturated rings. The highest BCUT2D eigenvalue weighted by atomic mass is 32.1. The molecule has 1 heterocycles. The number of carbonyl (C=O) groups is 1. The molecule has 1 aliphatic rings. The zero-order valence-electron chi connectivity index (χ0n) is 10.7. The minimum Gasteiger partial charge on any atom is -0.493 e. The maximum Gasteiger partial charge on any atom is 0.273 e. The van der Waals surface area contributed by atoms with Gasteiger partial charge in [-0.25, -0.2) is 0 Å². The maximum atomic E-state index is 11.6. The third-order valence-corrected chi connectivity index (χ3v) is 2.90. The lowest BCUT2D eigenvalue weighted by Gasteiger charge is -2.08. The van der Waals surface area contributed by atoms with E-state index in [0.717, 1.165) is 24.2 Å². The summed E-state index contributed by atoms with van der Waals surface area (Å²) < 4.78 is 5.71. The number of ether oxygens (including phenoxy) is 1. The highest BCUT2D eigenvalue weighted by Gasteiger charge is 2.20. The van der Waals surface area contributed by atoms with Crippen molar-refractivity contribution in [2.24, 2.45) is 0 Å². The van der Waals surface area contributed by atoms with E-state index in [0.29, 0.717) is 17.4 Å². The summed E-state index contributed by atoms with van der Waals surface area (Å²) in [6.45, 7) is 2.79. The molecule has 2 rings (SSSR count). The second kappa shape index (κ2) is 6.33. The van der Waals surface area contributed by atoms with Gasteiger partial charge in [-0.1, -0.05) is 31.5 Å². The van der Waals surface area contributed by atoms with Gasteiger partial charge in [-0.05, 0) is 30.8 Å². The van der Waals surface area contributed by atoms with Crippen LogP contribution in [0.5, 0.6) is 5.75 Å². The molecule has 100 valence electrons. The van der Waals surface area contributed by atoms with Crippen molar-refractivity contribution in [1.82, 2.24) is 10.6 Å². The van der Waals surface area contributed by atoms with Gasteiger partial charge in [0.1, 0.15) is 11.4 Å². The summed E-state index contributed by atoms with van der Waals surface area (Å²) in [6.07, 6.45) is 3.84. The number of hydrogen-bond donors (Lipinski definition) is 2. The van der Waals surface area contributed by atoms with Crippen molar-refractivity contribution in [2.45, 2.75) is 19.8 Å². The Kier molecular flexibility index (Phi) is 4.52. The first-order chi connectivity index (χ1) is 9.20. The van der Waals surface area contributed by atoms with Gasteiger partial charge in [-0.3, -0.25) is 10.1 Å². The number of rotatable bonds is 5. The fourth-order valence-corrected chi connectivity index (χ4v) is 1.90. The first kappa shape index (κ1) is 13.5. The van der Waals surface area contributed by atoms with Crippen LogP contribution in [0.4, 0.5) is 0 Å². The molecule has 1 saturated heterocycles. The van der Waals surface area contributed by atoms with Crippen molar-refractivity contribution < 1.29 is 9.53 Å². The first-order valence-corrected chi connectivity index (χ1v) is 6.67. The summed E-state index contributed by atoms with van der Waals surface area (Å²) in [5.41, 5.74) is 1.30. The predicted molar refractivity (Wildman–Crippen MR) is 78.7 cm³/mol. The van der Waals surface area contributed by atoms with Crippen molar-refractivity contribution in [3.05, 3.63) is 35.5 Å². The number of amides is 1. The number of benzene rings is 1. The normalized spacial score (nSPS) is 16.4. The van der Waals surface area contributed by atoms with Gasteiger partial charge >= 0.3 is 0 Å². The van der Waals surface area contributed by atoms with E-state index in [1.54, 1.807) is 6.08 Å². The van der Waals surface area contributed by atoms with Gasteiger partial charge in [0.25, 0.3) is 5.91 Å². The summed E-state index contributed by atoms with van der Waals surface area (Å²) in [4.78, 5) is 11.6. The van der Waals surface area contributed by atoms with E-state index in [4.69, 9.17) is 17.0 Å². The maximum absolute atomic E-state index is 11.6. The second-order valence-electron chi connectivity index (χ2n) is 4.21. The Labute approximate surface area is 117 Å². The summed E-state index contributed by atoms with van der Waals surface area (Å²) in [7, 11) is 0. The Morgan fingerprint density at radius 1 is 1.32 bits per heavy atom. The second-order valence-corrected chi connectivity index (χ2v) is 4.61. The molecule has 0 unspecified atom stereocenters. The molecule has 4 nitrogen and oxygen atoms in total. The van der Waals surface area contributed by atoms with Gasteiger partial charge in [0.15, 0.2) is 5.11 Å². The molecule has 1 amide bonds. The lowest BCUT2D eigenvalue weighted by atomic mass is 10.1. The summed E-state index contributed by atoms with van der Waals surface area (Å²) in [6, 6.07) is 7.62. The molecule has 0 saturated carbocycles. The van der Waals surface area contributed by atoms with Crippen molar-refractivity contribution in [1.29, 1.82) is 0 Å². The Morgan fingerprint density at radius 2 is 2.11 bits per heavy atom. The summed E-state index contributed by atoms with van der Waals surface area (Å²) in [5.74, 6) is 0.559. The van der Waals surface area contributed by atoms with E-state index in [9.17, 15) is 4.79 Å². The van der Waals surface area contributed by atoms with Crippen LogP contribution in [0.15, 0.2) is 30.0 Å². The predicted octanol–water partition coefficient (Wildman–Crippen LogP) is 2.21. The lowest BCUT2D eigenvalue weighted by molar-refractivity contribution is -0.115. The molecule has 0 spiro atoms. The standard InChI is InChI=1S/C14H16N2O2S/c1-2-3-8-18-12-7-5-4-6-10(12)9-11-13(17)16-14(19)15-11/h4-7,9H,2-3,8H2,1H3,(H2,15,16,17,19). The van der Waals surface area contributed by atoms with E-state index in [2.05, 4.69) is 17.6 Å². The van der Waals surface area contributed by atoms with E-state index in [1.807, 2.05) is 24.3 Å². The molecule has 2 N–H and O–H groups in total. The average molecular weight is 276 g/mol. The van der Waals surface area contributed by atoms with Crippen LogP contribution >= 0.6 is 12.2 Å². The van der Waals surface area contributed by atoms with Crippen LogP contribution < -0.4 is 15.4 Å². The number of hydrogen-bond acceptors (Lipinski definition) is 3. The SMILES string of the molecule is CCCCOc1ccccc1C=C1NC(=S)NC1=O. The van der Waals surface area contributed by atoms with Crippen molar-refractivity contribution >= 4 is 29.3 Å². The van der Waals surface area contributed by atoms with E-state index >= 15 is 0 Å². The molecule has 1 aromatic carbocycles. The van der Waals surface area contributed by atoms with Gasteiger partial charge in [0, 0.05) is 5.56 Å². The molecule has 1 aromatic rings. The Bertz CT molecular complexity index is 526. The minimum atomic E-state index is -0.214. The quantitative estimate of drug-likeness (QED) is 0.492. The van der Waals surface area contributed by atoms with Gasteiger partial charge in [0.05, 0.1) is 6.61 Å². The molecular formula is C14H16N2O2S. The van der Waals surface area contributed by atoms with Crippen LogP contribution in [0.1, 0.15) is 25.3 Å². The molecule has 1 aliphatic heterocycles. The molecule has 5 heteroatoms. The van der Waals surface area contributed by atoms with Crippen LogP contribution in [0.3, 0.4) is 0 Å². The molecule has 19 heavy (non-hydrogen) atoms. The first-order valence-electron chi connectivity index (χ1n) is 6.26. The zero-order chi connectivity index (χ0) is 13.7.